The number of amides is 1. The lowest BCUT2D eigenvalue weighted by Gasteiger charge is -2.04. The molecule has 0 aliphatic heterocycles. The maximum absolute atomic E-state index is 12.0. The Balaban J connectivity index is 2.14. The zero-order valence-corrected chi connectivity index (χ0v) is 10.0. The van der Waals surface area contributed by atoms with E-state index in [1.807, 2.05) is 0 Å². The number of nitrogens with zero attached hydrogens (tertiary/aromatic N) is 4. The van der Waals surface area contributed by atoms with Crippen LogP contribution in [0.15, 0.2) is 29.1 Å². The summed E-state index contributed by atoms with van der Waals surface area (Å²) in [5.41, 5.74) is 0.247. The second-order valence-electron chi connectivity index (χ2n) is 3.82. The molecule has 2 aromatic rings. The van der Waals surface area contributed by atoms with Crippen LogP contribution in [0.5, 0.6) is 0 Å². The summed E-state index contributed by atoms with van der Waals surface area (Å²) < 4.78 is 1.15. The van der Waals surface area contributed by atoms with Crippen LogP contribution in [0.1, 0.15) is 6.42 Å². The van der Waals surface area contributed by atoms with Gasteiger partial charge in [0.25, 0.3) is 5.56 Å². The van der Waals surface area contributed by atoms with E-state index in [9.17, 15) is 9.59 Å². The van der Waals surface area contributed by atoms with Gasteiger partial charge in [0, 0.05) is 6.42 Å². The fourth-order valence-electron chi connectivity index (χ4n) is 1.60. The predicted octanol–water partition coefficient (Wildman–Crippen LogP) is -0.179. The van der Waals surface area contributed by atoms with E-state index in [1.165, 1.54) is 0 Å². The summed E-state index contributed by atoms with van der Waals surface area (Å²) in [6.07, 6.45) is 0.0780. The van der Waals surface area contributed by atoms with E-state index in [0.717, 1.165) is 4.68 Å². The van der Waals surface area contributed by atoms with Gasteiger partial charge in [0.15, 0.2) is 0 Å². The van der Waals surface area contributed by atoms with Gasteiger partial charge in [-0.25, -0.2) is 4.68 Å². The SMILES string of the molecule is N#CCNC(=O)CCn1nnc2ccccc2c1=O. The van der Waals surface area contributed by atoms with Crippen molar-refractivity contribution in [3.8, 4) is 6.07 Å². The Hall–Kier alpha value is -2.75. The normalized spacial score (nSPS) is 10.1. The molecule has 0 saturated carbocycles. The molecule has 0 saturated heterocycles. The van der Waals surface area contributed by atoms with Crippen molar-refractivity contribution < 1.29 is 4.79 Å². The Morgan fingerprint density at radius 3 is 3.00 bits per heavy atom. The molecule has 0 unspecified atom stereocenters. The minimum absolute atomic E-state index is 0.0445. The number of fused-ring (bicyclic) bond motifs is 1. The molecule has 1 aromatic heterocycles. The van der Waals surface area contributed by atoms with E-state index in [2.05, 4.69) is 15.6 Å². The fraction of sp³-hybridized carbons (Fsp3) is 0.250. The van der Waals surface area contributed by atoms with Gasteiger partial charge < -0.3 is 5.32 Å². The molecule has 1 N–H and O–H groups in total. The molecule has 1 amide bonds. The predicted molar refractivity (Wildman–Crippen MR) is 67.0 cm³/mol. The molecule has 0 radical (unpaired) electrons. The summed E-state index contributed by atoms with van der Waals surface area (Å²) in [5.74, 6) is -0.302. The molecule has 7 heteroatoms. The third-order valence-electron chi connectivity index (χ3n) is 2.54. The lowest BCUT2D eigenvalue weighted by molar-refractivity contribution is -0.121. The summed E-state index contributed by atoms with van der Waals surface area (Å²) in [4.78, 5) is 23.4. The average molecular weight is 257 g/mol. The Morgan fingerprint density at radius 1 is 1.42 bits per heavy atom. The van der Waals surface area contributed by atoms with Crippen LogP contribution in [0.3, 0.4) is 0 Å². The monoisotopic (exact) mass is 257 g/mol. The first-order valence-corrected chi connectivity index (χ1v) is 5.68. The molecule has 0 atom stereocenters. The average Bonchev–Trinajstić information content (AvgIpc) is 2.44. The van der Waals surface area contributed by atoms with Crippen molar-refractivity contribution in [1.82, 2.24) is 20.3 Å². The van der Waals surface area contributed by atoms with Crippen LogP contribution in [-0.2, 0) is 11.3 Å². The first-order chi connectivity index (χ1) is 9.22. The first kappa shape index (κ1) is 12.7. The second kappa shape index (κ2) is 5.73. The van der Waals surface area contributed by atoms with Crippen molar-refractivity contribution >= 4 is 16.8 Å². The van der Waals surface area contributed by atoms with Crippen molar-refractivity contribution in [2.75, 3.05) is 6.54 Å². The van der Waals surface area contributed by atoms with Gasteiger partial charge in [0.05, 0.1) is 18.0 Å². The Kier molecular flexibility index (Phi) is 3.83. The molecule has 19 heavy (non-hydrogen) atoms. The van der Waals surface area contributed by atoms with E-state index in [0.29, 0.717) is 10.9 Å². The van der Waals surface area contributed by atoms with Crippen LogP contribution in [0, 0.1) is 11.3 Å². The molecule has 2 rings (SSSR count). The number of hydrogen-bond acceptors (Lipinski definition) is 5. The van der Waals surface area contributed by atoms with Gasteiger partial charge in [0.1, 0.15) is 12.1 Å². The van der Waals surface area contributed by atoms with E-state index in [-0.39, 0.29) is 31.0 Å². The maximum atomic E-state index is 12.0. The van der Waals surface area contributed by atoms with Crippen LogP contribution in [0.4, 0.5) is 0 Å². The van der Waals surface area contributed by atoms with E-state index in [4.69, 9.17) is 5.26 Å². The molecule has 0 spiro atoms. The minimum atomic E-state index is -0.302. The Morgan fingerprint density at radius 2 is 2.21 bits per heavy atom. The highest BCUT2D eigenvalue weighted by Gasteiger charge is 2.07. The standard InChI is InChI=1S/C12H11N5O2/c13-6-7-14-11(18)5-8-17-12(19)9-3-1-2-4-10(9)15-16-17/h1-4H,5,7-8H2,(H,14,18). The quantitative estimate of drug-likeness (QED) is 0.766. The number of aromatic nitrogens is 3. The van der Waals surface area contributed by atoms with Crippen LogP contribution in [-0.4, -0.2) is 27.4 Å². The van der Waals surface area contributed by atoms with Gasteiger partial charge >= 0.3 is 0 Å². The van der Waals surface area contributed by atoms with Gasteiger partial charge in [-0.15, -0.1) is 5.10 Å². The minimum Gasteiger partial charge on any atom is -0.343 e. The number of benzene rings is 1. The van der Waals surface area contributed by atoms with Gasteiger partial charge in [-0.3, -0.25) is 9.59 Å². The lowest BCUT2D eigenvalue weighted by atomic mass is 10.2. The first-order valence-electron chi connectivity index (χ1n) is 5.68. The lowest BCUT2D eigenvalue weighted by Crippen LogP contribution is -2.29. The smallest absolute Gasteiger partial charge is 0.277 e. The van der Waals surface area contributed by atoms with E-state index >= 15 is 0 Å². The molecule has 0 fully saturated rings. The van der Waals surface area contributed by atoms with Crippen LogP contribution in [0.2, 0.25) is 0 Å². The van der Waals surface area contributed by atoms with Crippen molar-refractivity contribution in [2.24, 2.45) is 0 Å². The fourth-order valence-corrected chi connectivity index (χ4v) is 1.60. The summed E-state index contributed by atoms with van der Waals surface area (Å²) in [5, 5.41) is 18.9. The molecular formula is C12H11N5O2. The van der Waals surface area contributed by atoms with Crippen molar-refractivity contribution in [3.63, 3.8) is 0 Å². The highest BCUT2D eigenvalue weighted by molar-refractivity contribution is 5.77. The summed E-state index contributed by atoms with van der Waals surface area (Å²) in [6, 6.07) is 8.69. The van der Waals surface area contributed by atoms with Gasteiger partial charge in [0.2, 0.25) is 5.91 Å². The third kappa shape index (κ3) is 2.93. The van der Waals surface area contributed by atoms with Gasteiger partial charge in [-0.05, 0) is 12.1 Å². The van der Waals surface area contributed by atoms with Crippen LogP contribution >= 0.6 is 0 Å². The molecule has 1 aromatic carbocycles. The molecular weight excluding hydrogens is 246 g/mol. The third-order valence-corrected chi connectivity index (χ3v) is 2.54. The number of hydrogen-bond donors (Lipinski definition) is 1. The molecule has 7 nitrogen and oxygen atoms in total. The Labute approximate surface area is 108 Å². The molecule has 1 heterocycles. The van der Waals surface area contributed by atoms with Crippen LogP contribution < -0.4 is 10.9 Å². The largest absolute Gasteiger partial charge is 0.343 e. The number of carbonyl (C=O) groups is 1. The zero-order chi connectivity index (χ0) is 13.7. The molecule has 0 aliphatic carbocycles. The summed E-state index contributed by atoms with van der Waals surface area (Å²) >= 11 is 0. The van der Waals surface area contributed by atoms with Gasteiger partial charge in [-0.1, -0.05) is 17.3 Å². The topological polar surface area (TPSA) is 101 Å². The Bertz CT molecular complexity index is 701. The summed E-state index contributed by atoms with van der Waals surface area (Å²) in [6.45, 7) is 0.0884. The van der Waals surface area contributed by atoms with Crippen molar-refractivity contribution in [2.45, 2.75) is 13.0 Å². The number of rotatable bonds is 4. The highest BCUT2D eigenvalue weighted by Crippen LogP contribution is 2.03. The van der Waals surface area contributed by atoms with Crippen LogP contribution in [0.25, 0.3) is 10.9 Å². The summed E-state index contributed by atoms with van der Waals surface area (Å²) in [7, 11) is 0. The number of nitriles is 1. The number of carbonyl (C=O) groups excluding carboxylic acids is 1. The van der Waals surface area contributed by atoms with Crippen molar-refractivity contribution in [3.05, 3.63) is 34.6 Å². The number of nitrogens with one attached hydrogen (secondary N) is 1. The molecule has 0 bridgehead atoms. The van der Waals surface area contributed by atoms with E-state index in [1.54, 1.807) is 30.3 Å². The van der Waals surface area contributed by atoms with E-state index < -0.39 is 0 Å². The highest BCUT2D eigenvalue weighted by atomic mass is 16.2. The second-order valence-corrected chi connectivity index (χ2v) is 3.82. The van der Waals surface area contributed by atoms with Gasteiger partial charge in [-0.2, -0.15) is 5.26 Å². The molecule has 96 valence electrons. The molecule has 0 aliphatic rings. The van der Waals surface area contributed by atoms with Crippen molar-refractivity contribution in [1.29, 1.82) is 5.26 Å². The number of aryl methyl sites for hydroxylation is 1. The zero-order valence-electron chi connectivity index (χ0n) is 10.0. The maximum Gasteiger partial charge on any atom is 0.277 e.